The molecule has 6 heteroatoms. The number of benzene rings is 2. The van der Waals surface area contributed by atoms with E-state index in [1.165, 1.54) is 7.11 Å². The molecule has 0 spiro atoms. The molecule has 2 aromatic carbocycles. The first kappa shape index (κ1) is 17.3. The fraction of sp³-hybridized carbons (Fsp3) is 0.222. The largest absolute Gasteiger partial charge is 0.495 e. The number of methoxy groups -OCH3 is 2. The number of para-hydroxylation sites is 2. The van der Waals surface area contributed by atoms with Gasteiger partial charge in [-0.2, -0.15) is 0 Å². The van der Waals surface area contributed by atoms with Gasteiger partial charge >= 0.3 is 5.97 Å². The van der Waals surface area contributed by atoms with Crippen LogP contribution in [0.25, 0.3) is 0 Å². The number of carbonyl (C=O) groups excluding carboxylic acids is 2. The lowest BCUT2D eigenvalue weighted by Gasteiger charge is -2.10. The number of anilines is 2. The normalized spacial score (nSPS) is 9.92. The quantitative estimate of drug-likeness (QED) is 0.764. The van der Waals surface area contributed by atoms with Crippen LogP contribution in [0, 0.1) is 0 Å². The first-order valence-corrected chi connectivity index (χ1v) is 7.49. The molecule has 0 atom stereocenters. The van der Waals surface area contributed by atoms with Crippen LogP contribution in [-0.4, -0.2) is 32.6 Å². The average Bonchev–Trinajstić information content (AvgIpc) is 2.62. The van der Waals surface area contributed by atoms with Gasteiger partial charge in [0.1, 0.15) is 5.75 Å². The lowest BCUT2D eigenvalue weighted by molar-refractivity contribution is -0.116. The number of hydrogen-bond donors (Lipinski definition) is 2. The topological polar surface area (TPSA) is 76.7 Å². The van der Waals surface area contributed by atoms with Gasteiger partial charge < -0.3 is 20.1 Å². The second-order valence-corrected chi connectivity index (χ2v) is 4.99. The Kier molecular flexibility index (Phi) is 6.19. The second-order valence-electron chi connectivity index (χ2n) is 4.99. The van der Waals surface area contributed by atoms with Crippen LogP contribution in [-0.2, 0) is 9.53 Å². The zero-order valence-electron chi connectivity index (χ0n) is 13.7. The van der Waals surface area contributed by atoms with Crippen molar-refractivity contribution in [3.8, 4) is 5.75 Å². The maximum Gasteiger partial charge on any atom is 0.337 e. The van der Waals surface area contributed by atoms with E-state index >= 15 is 0 Å². The molecule has 24 heavy (non-hydrogen) atoms. The lowest BCUT2D eigenvalue weighted by atomic mass is 10.2. The molecule has 6 nitrogen and oxygen atoms in total. The molecule has 2 rings (SSSR count). The van der Waals surface area contributed by atoms with Crippen molar-refractivity contribution >= 4 is 23.3 Å². The molecule has 0 fully saturated rings. The van der Waals surface area contributed by atoms with Crippen molar-refractivity contribution in [2.45, 2.75) is 6.42 Å². The summed E-state index contributed by atoms with van der Waals surface area (Å²) in [6, 6.07) is 14.1. The minimum Gasteiger partial charge on any atom is -0.495 e. The van der Waals surface area contributed by atoms with E-state index in [-0.39, 0.29) is 11.9 Å². The summed E-state index contributed by atoms with van der Waals surface area (Å²) >= 11 is 0. The second kappa shape index (κ2) is 8.57. The van der Waals surface area contributed by atoms with Crippen LogP contribution >= 0.6 is 0 Å². The Balaban J connectivity index is 1.81. The van der Waals surface area contributed by atoms with E-state index in [1.807, 2.05) is 12.1 Å². The zero-order valence-corrected chi connectivity index (χ0v) is 13.7. The molecule has 0 bridgehead atoms. The molecule has 126 valence electrons. The average molecular weight is 328 g/mol. The molecule has 2 aromatic rings. The van der Waals surface area contributed by atoms with Crippen molar-refractivity contribution in [3.63, 3.8) is 0 Å². The monoisotopic (exact) mass is 328 g/mol. The molecule has 0 heterocycles. The standard InChI is InChI=1S/C18H20N2O4/c1-23-16-6-4-3-5-15(16)20-17(21)11-12-19-14-9-7-13(8-10-14)18(22)24-2/h3-10,19H,11-12H2,1-2H3,(H,20,21). The molecule has 0 saturated heterocycles. The van der Waals surface area contributed by atoms with Crippen LogP contribution in [0.4, 0.5) is 11.4 Å². The van der Waals surface area contributed by atoms with E-state index in [9.17, 15) is 9.59 Å². The summed E-state index contributed by atoms with van der Waals surface area (Å²) in [6.07, 6.45) is 0.302. The molecule has 0 aliphatic carbocycles. The van der Waals surface area contributed by atoms with Gasteiger partial charge in [0.15, 0.2) is 0 Å². The number of amides is 1. The van der Waals surface area contributed by atoms with Crippen LogP contribution < -0.4 is 15.4 Å². The highest BCUT2D eigenvalue weighted by atomic mass is 16.5. The third-order valence-corrected chi connectivity index (χ3v) is 3.37. The van der Waals surface area contributed by atoms with E-state index in [2.05, 4.69) is 15.4 Å². The SMILES string of the molecule is COC(=O)c1ccc(NCCC(=O)Nc2ccccc2OC)cc1. The van der Waals surface area contributed by atoms with Crippen LogP contribution in [0.5, 0.6) is 5.75 Å². The van der Waals surface area contributed by atoms with Gasteiger partial charge in [-0.15, -0.1) is 0 Å². The maximum atomic E-state index is 12.0. The minimum atomic E-state index is -0.377. The van der Waals surface area contributed by atoms with Gasteiger partial charge in [0.25, 0.3) is 0 Å². The van der Waals surface area contributed by atoms with Crippen LogP contribution in [0.15, 0.2) is 48.5 Å². The van der Waals surface area contributed by atoms with E-state index in [0.29, 0.717) is 30.0 Å². The molecule has 0 aliphatic rings. The summed E-state index contributed by atoms with van der Waals surface area (Å²) in [7, 11) is 2.90. The Morgan fingerprint density at radius 2 is 1.71 bits per heavy atom. The number of carbonyl (C=O) groups is 2. The smallest absolute Gasteiger partial charge is 0.337 e. The molecule has 1 amide bonds. The molecule has 0 aliphatic heterocycles. The lowest BCUT2D eigenvalue weighted by Crippen LogP contribution is -2.16. The van der Waals surface area contributed by atoms with Gasteiger partial charge in [0.05, 0.1) is 25.5 Å². The summed E-state index contributed by atoms with van der Waals surface area (Å²) in [5.41, 5.74) is 1.96. The summed E-state index contributed by atoms with van der Waals surface area (Å²) in [6.45, 7) is 0.471. The Labute approximate surface area is 140 Å². The predicted octanol–water partition coefficient (Wildman–Crippen LogP) is 2.92. The van der Waals surface area contributed by atoms with Gasteiger partial charge in [-0.25, -0.2) is 4.79 Å². The number of nitrogens with one attached hydrogen (secondary N) is 2. The number of ether oxygens (including phenoxy) is 2. The molecule has 0 unspecified atom stereocenters. The van der Waals surface area contributed by atoms with Crippen molar-refractivity contribution < 1.29 is 19.1 Å². The van der Waals surface area contributed by atoms with E-state index in [0.717, 1.165) is 5.69 Å². The van der Waals surface area contributed by atoms with Crippen LogP contribution in [0.3, 0.4) is 0 Å². The highest BCUT2D eigenvalue weighted by Crippen LogP contribution is 2.23. The summed E-state index contributed by atoms with van der Waals surface area (Å²) in [4.78, 5) is 23.3. The summed E-state index contributed by atoms with van der Waals surface area (Å²) < 4.78 is 9.83. The fourth-order valence-corrected chi connectivity index (χ4v) is 2.12. The van der Waals surface area contributed by atoms with Gasteiger partial charge in [0, 0.05) is 18.7 Å². The van der Waals surface area contributed by atoms with E-state index < -0.39 is 0 Å². The summed E-state index contributed by atoms with van der Waals surface area (Å²) in [5, 5.41) is 5.94. The number of esters is 1. The highest BCUT2D eigenvalue weighted by molar-refractivity contribution is 5.92. The van der Waals surface area contributed by atoms with Crippen molar-refractivity contribution in [1.29, 1.82) is 0 Å². The Morgan fingerprint density at radius 3 is 2.38 bits per heavy atom. The van der Waals surface area contributed by atoms with Crippen molar-refractivity contribution in [1.82, 2.24) is 0 Å². The third kappa shape index (κ3) is 4.74. The molecular formula is C18H20N2O4. The number of hydrogen-bond acceptors (Lipinski definition) is 5. The molecule has 0 radical (unpaired) electrons. The van der Waals surface area contributed by atoms with Crippen LogP contribution in [0.2, 0.25) is 0 Å². The van der Waals surface area contributed by atoms with E-state index in [4.69, 9.17) is 4.74 Å². The first-order chi connectivity index (χ1) is 11.6. The Hall–Kier alpha value is -3.02. The first-order valence-electron chi connectivity index (χ1n) is 7.49. The molecule has 0 saturated carbocycles. The molecule has 0 aromatic heterocycles. The van der Waals surface area contributed by atoms with Crippen LogP contribution in [0.1, 0.15) is 16.8 Å². The van der Waals surface area contributed by atoms with Gasteiger partial charge in [0.2, 0.25) is 5.91 Å². The van der Waals surface area contributed by atoms with Gasteiger partial charge in [-0.3, -0.25) is 4.79 Å². The fourth-order valence-electron chi connectivity index (χ4n) is 2.12. The molecular weight excluding hydrogens is 308 g/mol. The molecule has 2 N–H and O–H groups in total. The Morgan fingerprint density at radius 1 is 1.00 bits per heavy atom. The third-order valence-electron chi connectivity index (χ3n) is 3.37. The minimum absolute atomic E-state index is 0.113. The summed E-state index contributed by atoms with van der Waals surface area (Å²) in [5.74, 6) is 0.133. The van der Waals surface area contributed by atoms with E-state index in [1.54, 1.807) is 43.5 Å². The zero-order chi connectivity index (χ0) is 17.4. The highest BCUT2D eigenvalue weighted by Gasteiger charge is 2.07. The maximum absolute atomic E-state index is 12.0. The van der Waals surface area contributed by atoms with Crippen molar-refractivity contribution in [2.24, 2.45) is 0 Å². The number of rotatable bonds is 7. The predicted molar refractivity (Wildman–Crippen MR) is 92.5 cm³/mol. The van der Waals surface area contributed by atoms with Gasteiger partial charge in [-0.1, -0.05) is 12.1 Å². The van der Waals surface area contributed by atoms with Crippen molar-refractivity contribution in [3.05, 3.63) is 54.1 Å². The Bertz CT molecular complexity index is 698. The van der Waals surface area contributed by atoms with Crippen molar-refractivity contribution in [2.75, 3.05) is 31.4 Å². The van der Waals surface area contributed by atoms with Gasteiger partial charge in [-0.05, 0) is 36.4 Å².